The molecule has 1 aliphatic rings. The Morgan fingerprint density at radius 3 is 2.60 bits per heavy atom. The Bertz CT molecular complexity index is 182. The molecular formula is C12H27N3. The van der Waals surface area contributed by atoms with E-state index in [9.17, 15) is 0 Å². The fourth-order valence-electron chi connectivity index (χ4n) is 2.48. The lowest BCUT2D eigenvalue weighted by molar-refractivity contribution is 0.145. The molecule has 0 aromatic heterocycles. The summed E-state index contributed by atoms with van der Waals surface area (Å²) in [5.74, 6) is 0. The number of hydrogen-bond donors (Lipinski definition) is 1. The molecular weight excluding hydrogens is 186 g/mol. The van der Waals surface area contributed by atoms with Gasteiger partial charge >= 0.3 is 0 Å². The van der Waals surface area contributed by atoms with Crippen LogP contribution in [0.2, 0.25) is 0 Å². The van der Waals surface area contributed by atoms with Crippen LogP contribution < -0.4 is 5.32 Å². The number of rotatable bonds is 3. The first-order chi connectivity index (χ1) is 7.06. The summed E-state index contributed by atoms with van der Waals surface area (Å²) in [5.41, 5.74) is 0. The van der Waals surface area contributed by atoms with Crippen molar-refractivity contribution in [3.63, 3.8) is 0 Å². The van der Waals surface area contributed by atoms with Gasteiger partial charge in [0.05, 0.1) is 0 Å². The second-order valence-electron chi connectivity index (χ2n) is 5.12. The van der Waals surface area contributed by atoms with Gasteiger partial charge in [0, 0.05) is 31.2 Å². The normalized spacial score (nSPS) is 30.8. The molecule has 0 aromatic carbocycles. The molecule has 0 amide bonds. The molecule has 1 rings (SSSR count). The molecule has 1 heterocycles. The molecule has 3 heteroatoms. The minimum absolute atomic E-state index is 0.655. The lowest BCUT2D eigenvalue weighted by Gasteiger charge is -2.33. The fraction of sp³-hybridized carbons (Fsp3) is 1.00. The third-order valence-corrected chi connectivity index (χ3v) is 3.61. The van der Waals surface area contributed by atoms with E-state index in [2.05, 4.69) is 42.9 Å². The first-order valence-corrected chi connectivity index (χ1v) is 6.16. The van der Waals surface area contributed by atoms with Crippen molar-refractivity contribution in [1.29, 1.82) is 0 Å². The highest BCUT2D eigenvalue weighted by Gasteiger charge is 2.27. The zero-order valence-electron chi connectivity index (χ0n) is 11.0. The number of hydrogen-bond acceptors (Lipinski definition) is 3. The van der Waals surface area contributed by atoms with E-state index >= 15 is 0 Å². The minimum atomic E-state index is 0.655. The molecule has 15 heavy (non-hydrogen) atoms. The Morgan fingerprint density at radius 2 is 2.07 bits per heavy atom. The molecule has 2 atom stereocenters. The molecule has 1 N–H and O–H groups in total. The van der Waals surface area contributed by atoms with Crippen LogP contribution >= 0.6 is 0 Å². The van der Waals surface area contributed by atoms with Crippen LogP contribution in [0.25, 0.3) is 0 Å². The number of nitrogens with zero attached hydrogens (tertiary/aromatic N) is 2. The van der Waals surface area contributed by atoms with Gasteiger partial charge in [-0.25, -0.2) is 0 Å². The largest absolute Gasteiger partial charge is 0.318 e. The maximum atomic E-state index is 3.30. The van der Waals surface area contributed by atoms with Crippen LogP contribution in [0.15, 0.2) is 0 Å². The van der Waals surface area contributed by atoms with Crippen molar-refractivity contribution in [3.05, 3.63) is 0 Å². The van der Waals surface area contributed by atoms with Gasteiger partial charge in [0.15, 0.2) is 0 Å². The predicted octanol–water partition coefficient (Wildman–Crippen LogP) is 1.01. The van der Waals surface area contributed by atoms with E-state index in [1.807, 2.05) is 7.05 Å². The van der Waals surface area contributed by atoms with E-state index in [4.69, 9.17) is 0 Å². The van der Waals surface area contributed by atoms with Crippen molar-refractivity contribution in [2.75, 3.05) is 33.7 Å². The molecule has 0 radical (unpaired) electrons. The van der Waals surface area contributed by atoms with Crippen molar-refractivity contribution in [1.82, 2.24) is 15.1 Å². The van der Waals surface area contributed by atoms with Crippen molar-refractivity contribution in [2.24, 2.45) is 0 Å². The minimum Gasteiger partial charge on any atom is -0.318 e. The predicted molar refractivity (Wildman–Crippen MR) is 66.3 cm³/mol. The van der Waals surface area contributed by atoms with Gasteiger partial charge in [-0.1, -0.05) is 0 Å². The van der Waals surface area contributed by atoms with Gasteiger partial charge in [-0.05, 0) is 47.8 Å². The zero-order chi connectivity index (χ0) is 11.4. The van der Waals surface area contributed by atoms with Gasteiger partial charge < -0.3 is 10.2 Å². The summed E-state index contributed by atoms with van der Waals surface area (Å²) in [6, 6.07) is 2.03. The molecule has 2 unspecified atom stereocenters. The van der Waals surface area contributed by atoms with Crippen LogP contribution in [-0.2, 0) is 0 Å². The van der Waals surface area contributed by atoms with Gasteiger partial charge in [0.2, 0.25) is 0 Å². The van der Waals surface area contributed by atoms with Crippen LogP contribution in [0.4, 0.5) is 0 Å². The second-order valence-corrected chi connectivity index (χ2v) is 5.12. The summed E-state index contributed by atoms with van der Waals surface area (Å²) in [6.07, 6.45) is 1.29. The molecule has 1 saturated heterocycles. The van der Waals surface area contributed by atoms with Crippen LogP contribution in [-0.4, -0.2) is 61.7 Å². The highest BCUT2D eigenvalue weighted by atomic mass is 15.3. The first-order valence-electron chi connectivity index (χ1n) is 6.16. The van der Waals surface area contributed by atoms with E-state index in [-0.39, 0.29) is 0 Å². The summed E-state index contributed by atoms with van der Waals surface area (Å²) >= 11 is 0. The Balaban J connectivity index is 2.65. The Hall–Kier alpha value is -0.120. The quantitative estimate of drug-likeness (QED) is 0.755. The number of likely N-dealkylation sites (N-methyl/N-ethyl adjacent to an activating group) is 2. The topological polar surface area (TPSA) is 18.5 Å². The average Bonchev–Trinajstić information content (AvgIpc) is 2.31. The monoisotopic (exact) mass is 213 g/mol. The standard InChI is InChI=1S/C12H27N3/c1-10(2)15-9-12(8-13-4)14(5)7-6-11(15)3/h10-13H,6-9H2,1-5H3. The third kappa shape index (κ3) is 3.44. The summed E-state index contributed by atoms with van der Waals surface area (Å²) in [5, 5.41) is 3.30. The zero-order valence-corrected chi connectivity index (χ0v) is 11.0. The van der Waals surface area contributed by atoms with E-state index < -0.39 is 0 Å². The maximum Gasteiger partial charge on any atom is 0.0344 e. The lowest BCUT2D eigenvalue weighted by atomic mass is 10.1. The van der Waals surface area contributed by atoms with Crippen molar-refractivity contribution in [3.8, 4) is 0 Å². The molecule has 3 nitrogen and oxygen atoms in total. The Labute approximate surface area is 94.8 Å². The Kier molecular flexibility index (Phi) is 5.03. The molecule has 90 valence electrons. The molecule has 0 spiro atoms. The smallest absolute Gasteiger partial charge is 0.0344 e. The summed E-state index contributed by atoms with van der Waals surface area (Å²) in [4.78, 5) is 5.13. The van der Waals surface area contributed by atoms with E-state index in [0.717, 1.165) is 6.54 Å². The molecule has 0 bridgehead atoms. The van der Waals surface area contributed by atoms with Gasteiger partial charge in [-0.3, -0.25) is 4.90 Å². The molecule has 1 aliphatic heterocycles. The SMILES string of the molecule is CNCC1CN(C(C)C)C(C)CCN1C. The highest BCUT2D eigenvalue weighted by Crippen LogP contribution is 2.16. The van der Waals surface area contributed by atoms with Gasteiger partial charge in [-0.2, -0.15) is 0 Å². The van der Waals surface area contributed by atoms with Gasteiger partial charge in [0.1, 0.15) is 0 Å². The maximum absolute atomic E-state index is 3.30. The van der Waals surface area contributed by atoms with Crippen LogP contribution in [0, 0.1) is 0 Å². The average molecular weight is 213 g/mol. The molecule has 0 saturated carbocycles. The fourth-order valence-corrected chi connectivity index (χ4v) is 2.48. The molecule has 0 aromatic rings. The van der Waals surface area contributed by atoms with E-state index in [1.54, 1.807) is 0 Å². The van der Waals surface area contributed by atoms with Crippen LogP contribution in [0.1, 0.15) is 27.2 Å². The lowest BCUT2D eigenvalue weighted by Crippen LogP contribution is -2.47. The summed E-state index contributed by atoms with van der Waals surface area (Å²) in [6.45, 7) is 10.5. The van der Waals surface area contributed by atoms with Crippen molar-refractivity contribution in [2.45, 2.75) is 45.3 Å². The summed E-state index contributed by atoms with van der Waals surface area (Å²) < 4.78 is 0. The van der Waals surface area contributed by atoms with Crippen molar-refractivity contribution < 1.29 is 0 Å². The first kappa shape index (κ1) is 12.9. The van der Waals surface area contributed by atoms with Crippen molar-refractivity contribution >= 4 is 0 Å². The van der Waals surface area contributed by atoms with Gasteiger partial charge in [-0.15, -0.1) is 0 Å². The van der Waals surface area contributed by atoms with Crippen LogP contribution in [0.5, 0.6) is 0 Å². The molecule has 1 fully saturated rings. The highest BCUT2D eigenvalue weighted by molar-refractivity contribution is 4.84. The second kappa shape index (κ2) is 5.83. The van der Waals surface area contributed by atoms with E-state index in [1.165, 1.54) is 19.5 Å². The van der Waals surface area contributed by atoms with E-state index in [0.29, 0.717) is 18.1 Å². The van der Waals surface area contributed by atoms with Crippen LogP contribution in [0.3, 0.4) is 0 Å². The third-order valence-electron chi connectivity index (χ3n) is 3.61. The molecule has 0 aliphatic carbocycles. The Morgan fingerprint density at radius 1 is 1.40 bits per heavy atom. The van der Waals surface area contributed by atoms with Gasteiger partial charge in [0.25, 0.3) is 0 Å². The number of nitrogens with one attached hydrogen (secondary N) is 1. The summed E-state index contributed by atoms with van der Waals surface area (Å²) in [7, 11) is 4.29.